The molecule has 0 unspecified atom stereocenters. The highest BCUT2D eigenvalue weighted by Gasteiger charge is 2.18. The van der Waals surface area contributed by atoms with E-state index in [4.69, 9.17) is 11.6 Å². The quantitative estimate of drug-likeness (QED) is 0.701. The molecule has 0 fully saturated rings. The maximum atomic E-state index is 9.20. The Morgan fingerprint density at radius 2 is 2.00 bits per heavy atom. The molecule has 0 aliphatic rings. The smallest absolute Gasteiger partial charge is 0.0999 e. The molecule has 0 aliphatic carbocycles. The summed E-state index contributed by atoms with van der Waals surface area (Å²) in [6, 6.07) is 9.56. The monoisotopic (exact) mass is 244 g/mol. The minimum atomic E-state index is -0.0983. The van der Waals surface area contributed by atoms with Gasteiger partial charge >= 0.3 is 0 Å². The Kier molecular flexibility index (Phi) is 2.81. The third-order valence-corrected chi connectivity index (χ3v) is 2.98. The lowest BCUT2D eigenvalue weighted by molar-refractivity contribution is 0.571. The zero-order valence-corrected chi connectivity index (χ0v) is 10.8. The van der Waals surface area contributed by atoms with Gasteiger partial charge in [0.05, 0.1) is 22.2 Å². The zero-order chi connectivity index (χ0) is 12.6. The number of halogens is 1. The first-order valence-corrected chi connectivity index (χ1v) is 5.81. The van der Waals surface area contributed by atoms with Crippen LogP contribution in [0.1, 0.15) is 32.0 Å². The minimum absolute atomic E-state index is 0.0983. The van der Waals surface area contributed by atoms with E-state index in [1.54, 1.807) is 6.07 Å². The first-order valence-electron chi connectivity index (χ1n) is 5.43. The molecule has 2 aromatic rings. The van der Waals surface area contributed by atoms with Crippen molar-refractivity contribution in [1.82, 2.24) is 4.98 Å². The molecule has 0 spiro atoms. The average molecular weight is 245 g/mol. The number of nitriles is 1. The number of hydrogen-bond donors (Lipinski definition) is 0. The molecule has 1 aromatic carbocycles. The number of aromatic nitrogens is 1. The van der Waals surface area contributed by atoms with Crippen molar-refractivity contribution in [2.45, 2.75) is 26.2 Å². The highest BCUT2D eigenvalue weighted by atomic mass is 35.5. The van der Waals surface area contributed by atoms with Gasteiger partial charge in [-0.3, -0.25) is 4.98 Å². The highest BCUT2D eigenvalue weighted by Crippen LogP contribution is 2.29. The molecule has 0 radical (unpaired) electrons. The van der Waals surface area contributed by atoms with Crippen LogP contribution in [0.4, 0.5) is 0 Å². The van der Waals surface area contributed by atoms with Crippen molar-refractivity contribution in [2.24, 2.45) is 0 Å². The van der Waals surface area contributed by atoms with Gasteiger partial charge in [0.1, 0.15) is 0 Å². The topological polar surface area (TPSA) is 36.7 Å². The molecule has 0 N–H and O–H groups in total. The summed E-state index contributed by atoms with van der Waals surface area (Å²) in [6.07, 6.45) is 0. The SMILES string of the molecule is CC(C)(C)c1cc(C#N)c2cccc(Cl)c2n1. The van der Waals surface area contributed by atoms with Gasteiger partial charge in [0.25, 0.3) is 0 Å². The summed E-state index contributed by atoms with van der Waals surface area (Å²) < 4.78 is 0. The third-order valence-electron chi connectivity index (χ3n) is 2.68. The van der Waals surface area contributed by atoms with Gasteiger partial charge in [-0.05, 0) is 12.1 Å². The number of pyridine rings is 1. The van der Waals surface area contributed by atoms with Gasteiger partial charge in [-0.25, -0.2) is 0 Å². The van der Waals surface area contributed by atoms with Crippen LogP contribution in [0.5, 0.6) is 0 Å². The van der Waals surface area contributed by atoms with Crippen LogP contribution in [0, 0.1) is 11.3 Å². The van der Waals surface area contributed by atoms with Gasteiger partial charge < -0.3 is 0 Å². The van der Waals surface area contributed by atoms with Crippen molar-refractivity contribution in [2.75, 3.05) is 0 Å². The van der Waals surface area contributed by atoms with Crippen molar-refractivity contribution < 1.29 is 0 Å². The summed E-state index contributed by atoms with van der Waals surface area (Å²) in [6.45, 7) is 6.21. The molecule has 0 saturated carbocycles. The largest absolute Gasteiger partial charge is 0.251 e. The molecule has 86 valence electrons. The van der Waals surface area contributed by atoms with Crippen molar-refractivity contribution in [3.8, 4) is 6.07 Å². The van der Waals surface area contributed by atoms with Crippen molar-refractivity contribution in [1.29, 1.82) is 5.26 Å². The maximum Gasteiger partial charge on any atom is 0.0999 e. The first-order chi connectivity index (χ1) is 7.93. The van der Waals surface area contributed by atoms with Gasteiger partial charge in [0, 0.05) is 16.5 Å². The van der Waals surface area contributed by atoms with Crippen LogP contribution in [-0.2, 0) is 5.41 Å². The van der Waals surface area contributed by atoms with Gasteiger partial charge in [0.15, 0.2) is 0 Å². The van der Waals surface area contributed by atoms with Crippen molar-refractivity contribution >= 4 is 22.5 Å². The summed E-state index contributed by atoms with van der Waals surface area (Å²) >= 11 is 6.14. The molecule has 3 heteroatoms. The van der Waals surface area contributed by atoms with Crippen molar-refractivity contribution in [3.63, 3.8) is 0 Å². The number of fused-ring (bicyclic) bond motifs is 1. The summed E-state index contributed by atoms with van der Waals surface area (Å²) in [7, 11) is 0. The Morgan fingerprint density at radius 3 is 2.59 bits per heavy atom. The van der Waals surface area contributed by atoms with E-state index in [1.807, 2.05) is 18.2 Å². The van der Waals surface area contributed by atoms with E-state index >= 15 is 0 Å². The second-order valence-corrected chi connectivity index (χ2v) is 5.46. The standard InChI is InChI=1S/C14H13ClN2/c1-14(2,3)12-7-9(8-16)10-5-4-6-11(15)13(10)17-12/h4-7H,1-3H3. The maximum absolute atomic E-state index is 9.20. The van der Waals surface area contributed by atoms with Gasteiger partial charge in [-0.15, -0.1) is 0 Å². The van der Waals surface area contributed by atoms with Crippen LogP contribution >= 0.6 is 11.6 Å². The molecule has 2 rings (SSSR count). The minimum Gasteiger partial charge on any atom is -0.251 e. The average Bonchev–Trinajstić information content (AvgIpc) is 2.27. The lowest BCUT2D eigenvalue weighted by Gasteiger charge is -2.18. The van der Waals surface area contributed by atoms with E-state index < -0.39 is 0 Å². The molecule has 0 amide bonds. The van der Waals surface area contributed by atoms with Crippen LogP contribution in [0.2, 0.25) is 5.02 Å². The summed E-state index contributed by atoms with van der Waals surface area (Å²) in [5.74, 6) is 0. The summed E-state index contributed by atoms with van der Waals surface area (Å²) in [5.41, 5.74) is 2.12. The van der Waals surface area contributed by atoms with E-state index in [2.05, 4.69) is 31.8 Å². The van der Waals surface area contributed by atoms with Gasteiger partial charge in [0.2, 0.25) is 0 Å². The third kappa shape index (κ3) is 2.11. The molecule has 0 bridgehead atoms. The van der Waals surface area contributed by atoms with E-state index in [1.165, 1.54) is 0 Å². The van der Waals surface area contributed by atoms with Crippen LogP contribution in [0.15, 0.2) is 24.3 Å². The second kappa shape index (κ2) is 4.01. The number of para-hydroxylation sites is 1. The number of nitrogens with zero attached hydrogens (tertiary/aromatic N) is 2. The fourth-order valence-corrected chi connectivity index (χ4v) is 1.91. The Hall–Kier alpha value is -1.59. The summed E-state index contributed by atoms with van der Waals surface area (Å²) in [5, 5.41) is 10.6. The fourth-order valence-electron chi connectivity index (χ4n) is 1.69. The predicted octanol–water partition coefficient (Wildman–Crippen LogP) is 4.06. The molecular weight excluding hydrogens is 232 g/mol. The lowest BCUT2D eigenvalue weighted by atomic mass is 9.90. The van der Waals surface area contributed by atoms with Crippen LogP contribution in [-0.4, -0.2) is 4.98 Å². The number of rotatable bonds is 0. The Morgan fingerprint density at radius 1 is 1.29 bits per heavy atom. The number of hydrogen-bond acceptors (Lipinski definition) is 2. The van der Waals surface area contributed by atoms with E-state index in [0.29, 0.717) is 16.1 Å². The summed E-state index contributed by atoms with van der Waals surface area (Å²) in [4.78, 5) is 4.57. The predicted molar refractivity (Wildman–Crippen MR) is 70.2 cm³/mol. The molecule has 1 heterocycles. The molecule has 1 aromatic heterocycles. The fraction of sp³-hybridized carbons (Fsp3) is 0.286. The number of benzene rings is 1. The van der Waals surface area contributed by atoms with Gasteiger partial charge in [-0.1, -0.05) is 44.5 Å². The van der Waals surface area contributed by atoms with Crippen molar-refractivity contribution in [3.05, 3.63) is 40.5 Å². The molecular formula is C14H13ClN2. The molecule has 0 aliphatic heterocycles. The molecule has 2 nitrogen and oxygen atoms in total. The lowest BCUT2D eigenvalue weighted by Crippen LogP contribution is -2.14. The highest BCUT2D eigenvalue weighted by molar-refractivity contribution is 6.35. The van der Waals surface area contributed by atoms with Crippen LogP contribution < -0.4 is 0 Å². The van der Waals surface area contributed by atoms with Gasteiger partial charge in [-0.2, -0.15) is 5.26 Å². The Balaban J connectivity index is 2.87. The molecule has 0 atom stereocenters. The second-order valence-electron chi connectivity index (χ2n) is 5.05. The Labute approximate surface area is 106 Å². The zero-order valence-electron chi connectivity index (χ0n) is 10.1. The Bertz CT molecular complexity index is 618. The van der Waals surface area contributed by atoms with E-state index in [0.717, 1.165) is 11.1 Å². The molecule has 17 heavy (non-hydrogen) atoms. The van der Waals surface area contributed by atoms with E-state index in [9.17, 15) is 5.26 Å². The normalized spacial score (nSPS) is 11.5. The van der Waals surface area contributed by atoms with Crippen LogP contribution in [0.25, 0.3) is 10.9 Å². The molecule has 0 saturated heterocycles. The van der Waals surface area contributed by atoms with Crippen LogP contribution in [0.3, 0.4) is 0 Å². The van der Waals surface area contributed by atoms with E-state index in [-0.39, 0.29) is 5.41 Å². The first kappa shape index (κ1) is 11.9.